The average molecular weight is 249 g/mol. The summed E-state index contributed by atoms with van der Waals surface area (Å²) >= 11 is 0. The van der Waals surface area contributed by atoms with Gasteiger partial charge in [-0.2, -0.15) is 0 Å². The van der Waals surface area contributed by atoms with E-state index in [1.165, 1.54) is 50.8 Å². The zero-order valence-electron chi connectivity index (χ0n) is 11.7. The molecule has 0 spiro atoms. The van der Waals surface area contributed by atoms with Crippen LogP contribution in [-0.4, -0.2) is 16.1 Å². The number of aryl methyl sites for hydroxylation is 1. The Kier molecular flexibility index (Phi) is 5.72. The summed E-state index contributed by atoms with van der Waals surface area (Å²) in [5.41, 5.74) is 0. The number of hydrogen-bond acceptors (Lipinski definition) is 2. The van der Waals surface area contributed by atoms with E-state index >= 15 is 0 Å². The van der Waals surface area contributed by atoms with Crippen LogP contribution in [0.1, 0.15) is 57.7 Å². The summed E-state index contributed by atoms with van der Waals surface area (Å²) in [4.78, 5) is 4.42. The number of hydrogen-bond donors (Lipinski definition) is 1. The van der Waals surface area contributed by atoms with Gasteiger partial charge in [0.1, 0.15) is 5.82 Å². The molecule has 1 aliphatic carbocycles. The van der Waals surface area contributed by atoms with E-state index in [-0.39, 0.29) is 0 Å². The van der Waals surface area contributed by atoms with E-state index in [4.69, 9.17) is 0 Å². The van der Waals surface area contributed by atoms with Gasteiger partial charge in [0, 0.05) is 18.9 Å². The van der Waals surface area contributed by atoms with Crippen molar-refractivity contribution < 1.29 is 0 Å². The van der Waals surface area contributed by atoms with Crippen molar-refractivity contribution in [3.8, 4) is 0 Å². The zero-order valence-corrected chi connectivity index (χ0v) is 11.7. The number of nitrogens with one attached hydrogen (secondary N) is 1. The van der Waals surface area contributed by atoms with Crippen LogP contribution >= 0.6 is 0 Å². The zero-order chi connectivity index (χ0) is 12.6. The number of rotatable bonds is 7. The molecule has 1 aliphatic rings. The highest BCUT2D eigenvalue weighted by molar-refractivity contribution is 4.91. The smallest absolute Gasteiger partial charge is 0.122 e. The van der Waals surface area contributed by atoms with E-state index in [0.29, 0.717) is 0 Å². The van der Waals surface area contributed by atoms with Gasteiger partial charge >= 0.3 is 0 Å². The van der Waals surface area contributed by atoms with Crippen LogP contribution in [0.5, 0.6) is 0 Å². The summed E-state index contributed by atoms with van der Waals surface area (Å²) in [5.74, 6) is 2.15. The first kappa shape index (κ1) is 13.6. The van der Waals surface area contributed by atoms with Gasteiger partial charge in [-0.05, 0) is 25.3 Å². The largest absolute Gasteiger partial charge is 0.334 e. The lowest BCUT2D eigenvalue weighted by Gasteiger charge is -2.21. The lowest BCUT2D eigenvalue weighted by atomic mass is 9.87. The normalized spacial score (nSPS) is 17.2. The third-order valence-corrected chi connectivity index (χ3v) is 4.00. The molecule has 3 heteroatoms. The molecule has 0 aromatic carbocycles. The molecular weight excluding hydrogens is 222 g/mol. The quantitative estimate of drug-likeness (QED) is 0.751. The van der Waals surface area contributed by atoms with Gasteiger partial charge in [0.05, 0.1) is 6.54 Å². The minimum Gasteiger partial charge on any atom is -0.334 e. The summed E-state index contributed by atoms with van der Waals surface area (Å²) < 4.78 is 2.26. The summed E-state index contributed by atoms with van der Waals surface area (Å²) in [6, 6.07) is 0. The van der Waals surface area contributed by atoms with E-state index in [1.54, 1.807) is 0 Å². The Morgan fingerprint density at radius 2 is 2.17 bits per heavy atom. The van der Waals surface area contributed by atoms with Crippen LogP contribution < -0.4 is 5.32 Å². The molecule has 0 amide bonds. The summed E-state index contributed by atoms with van der Waals surface area (Å²) in [6.45, 7) is 5.35. The molecule has 1 saturated carbocycles. The fourth-order valence-electron chi connectivity index (χ4n) is 2.93. The molecule has 1 N–H and O–H groups in total. The first-order valence-electron chi connectivity index (χ1n) is 7.61. The minimum absolute atomic E-state index is 0.916. The van der Waals surface area contributed by atoms with Crippen LogP contribution in [0.25, 0.3) is 0 Å². The number of imidazole rings is 1. The first-order chi connectivity index (χ1) is 8.90. The van der Waals surface area contributed by atoms with Crippen LogP contribution in [0, 0.1) is 5.92 Å². The monoisotopic (exact) mass is 249 g/mol. The molecule has 0 unspecified atom stereocenters. The first-order valence-corrected chi connectivity index (χ1v) is 7.61. The van der Waals surface area contributed by atoms with Crippen molar-refractivity contribution in [3.05, 3.63) is 18.2 Å². The molecule has 102 valence electrons. The fraction of sp³-hybridized carbons (Fsp3) is 0.800. The third-order valence-electron chi connectivity index (χ3n) is 4.00. The van der Waals surface area contributed by atoms with Crippen LogP contribution in [-0.2, 0) is 13.1 Å². The second kappa shape index (κ2) is 7.57. The van der Waals surface area contributed by atoms with E-state index < -0.39 is 0 Å². The van der Waals surface area contributed by atoms with Gasteiger partial charge in [0.2, 0.25) is 0 Å². The van der Waals surface area contributed by atoms with Crippen molar-refractivity contribution in [1.29, 1.82) is 0 Å². The summed E-state index contributed by atoms with van der Waals surface area (Å²) in [7, 11) is 0. The van der Waals surface area contributed by atoms with E-state index in [9.17, 15) is 0 Å². The van der Waals surface area contributed by atoms with Crippen molar-refractivity contribution in [1.82, 2.24) is 14.9 Å². The van der Waals surface area contributed by atoms with Gasteiger partial charge in [-0.25, -0.2) is 4.98 Å². The maximum Gasteiger partial charge on any atom is 0.122 e. The van der Waals surface area contributed by atoms with Crippen molar-refractivity contribution in [2.45, 2.75) is 65.0 Å². The number of aromatic nitrogens is 2. The second-order valence-electron chi connectivity index (χ2n) is 5.51. The van der Waals surface area contributed by atoms with Gasteiger partial charge in [-0.3, -0.25) is 0 Å². The Bertz CT molecular complexity index is 326. The number of nitrogens with zero attached hydrogens (tertiary/aromatic N) is 2. The van der Waals surface area contributed by atoms with Crippen molar-refractivity contribution in [2.75, 3.05) is 6.54 Å². The van der Waals surface area contributed by atoms with Gasteiger partial charge in [-0.1, -0.05) is 39.0 Å². The predicted octanol–water partition coefficient (Wildman–Crippen LogP) is 3.35. The average Bonchev–Trinajstić information content (AvgIpc) is 2.84. The maximum absolute atomic E-state index is 4.42. The lowest BCUT2D eigenvalue weighted by molar-refractivity contribution is 0.333. The molecule has 1 heterocycles. The molecule has 18 heavy (non-hydrogen) atoms. The molecular formula is C15H27N3. The van der Waals surface area contributed by atoms with E-state index in [0.717, 1.165) is 25.6 Å². The third kappa shape index (κ3) is 4.13. The topological polar surface area (TPSA) is 29.9 Å². The summed E-state index contributed by atoms with van der Waals surface area (Å²) in [6.07, 6.45) is 13.8. The van der Waals surface area contributed by atoms with E-state index in [1.807, 2.05) is 6.20 Å². The molecule has 2 rings (SSSR count). The molecule has 0 bridgehead atoms. The Labute approximate surface area is 111 Å². The highest BCUT2D eigenvalue weighted by Crippen LogP contribution is 2.25. The Hall–Kier alpha value is -0.830. The fourth-order valence-corrected chi connectivity index (χ4v) is 2.93. The molecule has 1 fully saturated rings. The van der Waals surface area contributed by atoms with Crippen molar-refractivity contribution in [3.63, 3.8) is 0 Å². The molecule has 0 radical (unpaired) electrons. The van der Waals surface area contributed by atoms with E-state index in [2.05, 4.69) is 28.0 Å². The second-order valence-corrected chi connectivity index (χ2v) is 5.51. The molecule has 0 atom stereocenters. The highest BCUT2D eigenvalue weighted by Gasteiger charge is 2.12. The molecule has 1 aromatic heterocycles. The van der Waals surface area contributed by atoms with Crippen molar-refractivity contribution in [2.24, 2.45) is 5.92 Å². The SMILES string of the molecule is CCCn1ccnc1CNCCC1CCCCC1. The Morgan fingerprint density at radius 1 is 1.33 bits per heavy atom. The van der Waals surface area contributed by atoms with Crippen molar-refractivity contribution >= 4 is 0 Å². The molecule has 1 aromatic rings. The molecule has 3 nitrogen and oxygen atoms in total. The van der Waals surface area contributed by atoms with Gasteiger partial charge in [-0.15, -0.1) is 0 Å². The maximum atomic E-state index is 4.42. The highest BCUT2D eigenvalue weighted by atomic mass is 15.1. The van der Waals surface area contributed by atoms with Crippen LogP contribution in [0.2, 0.25) is 0 Å². The standard InChI is InChI=1S/C15H27N3/c1-2-11-18-12-10-17-15(18)13-16-9-8-14-6-4-3-5-7-14/h10,12,14,16H,2-9,11,13H2,1H3. The molecule has 0 aliphatic heterocycles. The van der Waals surface area contributed by atoms with Crippen LogP contribution in [0.4, 0.5) is 0 Å². The Morgan fingerprint density at radius 3 is 2.94 bits per heavy atom. The lowest BCUT2D eigenvalue weighted by Crippen LogP contribution is -2.21. The molecule has 0 saturated heterocycles. The van der Waals surface area contributed by atoms with Gasteiger partial charge < -0.3 is 9.88 Å². The van der Waals surface area contributed by atoms with Gasteiger partial charge in [0.15, 0.2) is 0 Å². The minimum atomic E-state index is 0.916. The summed E-state index contributed by atoms with van der Waals surface area (Å²) in [5, 5.41) is 3.55. The van der Waals surface area contributed by atoms with Gasteiger partial charge in [0.25, 0.3) is 0 Å². The Balaban J connectivity index is 1.63. The van der Waals surface area contributed by atoms with Crippen LogP contribution in [0.3, 0.4) is 0 Å². The predicted molar refractivity (Wildman–Crippen MR) is 75.4 cm³/mol. The van der Waals surface area contributed by atoms with Crippen LogP contribution in [0.15, 0.2) is 12.4 Å².